The quantitative estimate of drug-likeness (QED) is 0.665. The molecule has 2 aromatic rings. The molecular weight excluding hydrogens is 466 g/mol. The molecule has 3 fully saturated rings. The topological polar surface area (TPSA) is 118 Å². The molecule has 5 rings (SSSR count). The highest BCUT2D eigenvalue weighted by Crippen LogP contribution is 2.53. The predicted octanol–water partition coefficient (Wildman–Crippen LogP) is 2.24. The summed E-state index contributed by atoms with van der Waals surface area (Å²) in [4.78, 5) is 12.7. The first kappa shape index (κ1) is 25.6. The summed E-state index contributed by atoms with van der Waals surface area (Å²) in [5.74, 6) is -0.839. The molecule has 0 bridgehead atoms. The summed E-state index contributed by atoms with van der Waals surface area (Å²) >= 11 is 5.96. The first-order valence-corrected chi connectivity index (χ1v) is 11.7. The van der Waals surface area contributed by atoms with Crippen LogP contribution in [0.4, 0.5) is 0 Å². The van der Waals surface area contributed by atoms with Crippen LogP contribution in [-0.4, -0.2) is 31.2 Å². The first-order valence-electron chi connectivity index (χ1n) is 11.3. The number of quaternary nitrogens is 1. The van der Waals surface area contributed by atoms with Gasteiger partial charge in [-0.3, -0.25) is 4.79 Å². The fourth-order valence-corrected chi connectivity index (χ4v) is 4.10. The fourth-order valence-electron chi connectivity index (χ4n) is 3.98. The molecule has 0 amide bonds. The Balaban J connectivity index is 0.000000421. The van der Waals surface area contributed by atoms with Gasteiger partial charge in [0.25, 0.3) is 0 Å². The summed E-state index contributed by atoms with van der Waals surface area (Å²) in [6.07, 6.45) is 3.96. The second kappa shape index (κ2) is 12.0. The largest absolute Gasteiger partial charge is 0.468 e. The van der Waals surface area contributed by atoms with Crippen LogP contribution in [0.1, 0.15) is 30.4 Å². The van der Waals surface area contributed by atoms with Crippen molar-refractivity contribution in [3.63, 3.8) is 0 Å². The Bertz CT molecular complexity index is 1000. The van der Waals surface area contributed by atoms with Gasteiger partial charge in [-0.2, -0.15) is 15.6 Å². The number of fused-ring (bicyclic) bond motifs is 1. The van der Waals surface area contributed by atoms with Gasteiger partial charge in [0, 0.05) is 5.02 Å². The molecule has 9 radical (unpaired) electrons. The molecule has 0 aliphatic carbocycles. The van der Waals surface area contributed by atoms with Gasteiger partial charge in [0.1, 0.15) is 11.8 Å². The minimum absolute atomic E-state index is 0.0133. The molecule has 3 heterocycles. The summed E-state index contributed by atoms with van der Waals surface area (Å²) in [6.45, 7) is 2.75. The number of nitrogens with two attached hydrogens (primary N) is 1. The van der Waals surface area contributed by atoms with Gasteiger partial charge in [0.2, 0.25) is 6.23 Å². The molecule has 35 heavy (non-hydrogen) atoms. The van der Waals surface area contributed by atoms with Gasteiger partial charge in [0.15, 0.2) is 12.3 Å². The Morgan fingerprint density at radius 2 is 1.74 bits per heavy atom. The van der Waals surface area contributed by atoms with Crippen molar-refractivity contribution in [1.29, 1.82) is 5.26 Å². The van der Waals surface area contributed by atoms with Crippen molar-refractivity contribution >= 4 is 17.6 Å². The third-order valence-corrected chi connectivity index (χ3v) is 5.97. The number of methoxy groups -OCH3 is 1. The standard InChI is InChI=1S/C21H12ClN4O3.C5H11N/c1-29-21(28)17-16(12-7-9-14(22)10-8-12)15(11-23)20(27)26-19(17)24-18(25-26)13-5-3-2-4-6-13;1-2-4-6-5-3-1/h2-10H,1H3;6H,1-5H2/p+1. The Labute approximate surface area is 211 Å². The van der Waals surface area contributed by atoms with Gasteiger partial charge in [-0.15, -0.1) is 5.43 Å². The van der Waals surface area contributed by atoms with Crippen molar-refractivity contribution in [2.45, 2.75) is 19.3 Å². The maximum absolute atomic E-state index is 13.0. The number of nitriles is 1. The number of halogens is 1. The van der Waals surface area contributed by atoms with E-state index in [4.69, 9.17) is 16.3 Å². The average Bonchev–Trinajstić information content (AvgIpc) is 3.36. The van der Waals surface area contributed by atoms with Crippen LogP contribution in [-0.2, 0) is 14.6 Å². The summed E-state index contributed by atoms with van der Waals surface area (Å²) in [5.41, 5.74) is 5.36. The first-order chi connectivity index (χ1) is 17.0. The molecule has 0 saturated carbocycles. The summed E-state index contributed by atoms with van der Waals surface area (Å²) < 4.78 is 4.93. The van der Waals surface area contributed by atoms with Crippen LogP contribution in [0.3, 0.4) is 0 Å². The Hall–Kier alpha value is -2.51. The van der Waals surface area contributed by atoms with E-state index in [1.807, 2.05) is 12.1 Å². The average molecular weight is 490 g/mol. The van der Waals surface area contributed by atoms with E-state index in [9.17, 15) is 15.2 Å². The van der Waals surface area contributed by atoms with E-state index in [1.165, 1.54) is 39.5 Å². The molecule has 9 heteroatoms. The van der Waals surface area contributed by atoms with Gasteiger partial charge in [0.05, 0.1) is 32.2 Å². The lowest BCUT2D eigenvalue weighted by molar-refractivity contribution is -0.662. The van der Waals surface area contributed by atoms with E-state index in [0.29, 0.717) is 16.1 Å². The number of piperidine rings is 2. The van der Waals surface area contributed by atoms with Crippen molar-refractivity contribution in [2.24, 2.45) is 0 Å². The molecule has 3 saturated heterocycles. The highest BCUT2D eigenvalue weighted by Gasteiger charge is 2.61. The third-order valence-electron chi connectivity index (χ3n) is 5.72. The van der Waals surface area contributed by atoms with Gasteiger partial charge in [-0.05, 0) is 42.5 Å². The summed E-state index contributed by atoms with van der Waals surface area (Å²) in [6, 6.07) is 17.4. The third kappa shape index (κ3) is 5.67. The molecular formula is C26H24ClN5O3+. The van der Waals surface area contributed by atoms with E-state index in [0.717, 1.165) is 5.01 Å². The highest BCUT2D eigenvalue weighted by molar-refractivity contribution is 6.30. The highest BCUT2D eigenvalue weighted by atomic mass is 35.5. The fraction of sp³-hybridized carbons (Fsp3) is 0.231. The van der Waals surface area contributed by atoms with E-state index < -0.39 is 12.2 Å². The maximum atomic E-state index is 13.0. The smallest absolute Gasteiger partial charge is 0.317 e. The lowest BCUT2D eigenvalue weighted by Crippen LogP contribution is -2.85. The number of hydrogen-bond acceptors (Lipinski definition) is 4. The SMILES string of the molecule is C1CC[NH2+]CC1.COC(=O)[C]1[C](c2ccc(Cl)cc2)[C](C#N)[C]([O])N2[N][C](c3ccccc3)[N][C]12. The number of benzene rings is 2. The molecule has 2 N–H and O–H groups in total. The second-order valence-corrected chi connectivity index (χ2v) is 8.44. The van der Waals surface area contributed by atoms with Crippen LogP contribution in [0.2, 0.25) is 5.02 Å². The monoisotopic (exact) mass is 489 g/mol. The molecule has 0 atom stereocenters. The summed E-state index contributed by atoms with van der Waals surface area (Å²) in [7, 11) is 1.22. The Morgan fingerprint density at radius 3 is 2.29 bits per heavy atom. The number of rotatable bonds is 3. The zero-order chi connectivity index (χ0) is 24.8. The van der Waals surface area contributed by atoms with E-state index in [-0.39, 0.29) is 30.1 Å². The molecule has 8 nitrogen and oxygen atoms in total. The zero-order valence-corrected chi connectivity index (χ0v) is 20.0. The van der Waals surface area contributed by atoms with Crippen molar-refractivity contribution in [3.8, 4) is 6.07 Å². The number of hydrogen-bond donors (Lipinski definition) is 1. The molecule has 3 aliphatic rings. The lowest BCUT2D eigenvalue weighted by Gasteiger charge is -2.40. The van der Waals surface area contributed by atoms with Gasteiger partial charge >= 0.3 is 5.97 Å². The molecule has 3 aliphatic heterocycles. The Kier molecular flexibility index (Phi) is 8.74. The molecule has 0 unspecified atom stereocenters. The van der Waals surface area contributed by atoms with Crippen LogP contribution >= 0.6 is 11.6 Å². The van der Waals surface area contributed by atoms with Crippen LogP contribution in [0.5, 0.6) is 0 Å². The number of nitrogens with zero attached hydrogens (tertiary/aromatic N) is 4. The lowest BCUT2D eigenvalue weighted by atomic mass is 9.72. The Morgan fingerprint density at radius 1 is 1.06 bits per heavy atom. The van der Waals surface area contributed by atoms with E-state index in [2.05, 4.69) is 16.1 Å². The molecule has 0 spiro atoms. The number of esters is 1. The van der Waals surface area contributed by atoms with Crippen LogP contribution in [0.15, 0.2) is 54.6 Å². The number of carbonyl (C=O) groups excluding carboxylic acids is 1. The van der Waals surface area contributed by atoms with Crippen molar-refractivity contribution in [2.75, 3.05) is 20.2 Å². The van der Waals surface area contributed by atoms with Crippen molar-refractivity contribution < 1.29 is 20.0 Å². The molecule has 177 valence electrons. The maximum Gasteiger partial charge on any atom is 0.317 e. The predicted molar refractivity (Wildman–Crippen MR) is 125 cm³/mol. The van der Waals surface area contributed by atoms with Crippen LogP contribution in [0, 0.1) is 47.6 Å². The van der Waals surface area contributed by atoms with Crippen molar-refractivity contribution in [3.05, 3.63) is 107 Å². The van der Waals surface area contributed by atoms with Crippen molar-refractivity contribution in [1.82, 2.24) is 15.8 Å². The summed E-state index contributed by atoms with van der Waals surface area (Å²) in [5, 5.41) is 30.9. The van der Waals surface area contributed by atoms with E-state index >= 15 is 0 Å². The zero-order valence-electron chi connectivity index (χ0n) is 19.2. The van der Waals surface area contributed by atoms with Gasteiger partial charge in [-0.25, -0.2) is 5.11 Å². The molecule has 2 aromatic carbocycles. The van der Waals surface area contributed by atoms with Crippen LogP contribution < -0.4 is 16.1 Å². The van der Waals surface area contributed by atoms with Gasteiger partial charge < -0.3 is 10.1 Å². The minimum atomic E-state index is -0.733. The minimum Gasteiger partial charge on any atom is -0.468 e. The van der Waals surface area contributed by atoms with Gasteiger partial charge in [-0.1, -0.05) is 54.1 Å². The number of carbonyl (C=O) groups is 1. The normalized spacial score (nSPS) is 21.1. The number of ether oxygens (including phenoxy) is 1. The van der Waals surface area contributed by atoms with Crippen LogP contribution in [0.25, 0.3) is 0 Å². The van der Waals surface area contributed by atoms with E-state index in [1.54, 1.807) is 48.5 Å². The molecule has 0 aromatic heterocycles. The second-order valence-electron chi connectivity index (χ2n) is 8.00.